The third-order valence-corrected chi connectivity index (χ3v) is 2.57. The maximum Gasteiger partial charge on any atom is 0.203 e. The number of benzene rings is 1. The van der Waals surface area contributed by atoms with Crippen molar-refractivity contribution in [3.05, 3.63) is 23.9 Å². The van der Waals surface area contributed by atoms with Crippen LogP contribution in [-0.4, -0.2) is 26.5 Å². The molecule has 1 aromatic carbocycles. The fourth-order valence-electron chi connectivity index (χ4n) is 1.69. The summed E-state index contributed by atoms with van der Waals surface area (Å²) >= 11 is 0. The van der Waals surface area contributed by atoms with Gasteiger partial charge in [-0.3, -0.25) is 0 Å². The lowest BCUT2D eigenvalue weighted by Crippen LogP contribution is -1.95. The molecule has 2 aromatic rings. The Hall–Kier alpha value is -2.68. The van der Waals surface area contributed by atoms with Crippen molar-refractivity contribution in [3.8, 4) is 34.6 Å². The van der Waals surface area contributed by atoms with Crippen molar-refractivity contribution in [1.82, 2.24) is 5.16 Å². The molecule has 0 aliphatic carbocycles. The molecule has 0 radical (unpaired) electrons. The van der Waals surface area contributed by atoms with E-state index in [0.717, 1.165) is 0 Å². The molecule has 0 bridgehead atoms. The number of methoxy groups -OCH3 is 3. The summed E-state index contributed by atoms with van der Waals surface area (Å²) in [5, 5.41) is 12.4. The van der Waals surface area contributed by atoms with Crippen molar-refractivity contribution in [1.29, 1.82) is 5.26 Å². The first-order valence-electron chi connectivity index (χ1n) is 5.40. The number of rotatable bonds is 4. The van der Waals surface area contributed by atoms with Crippen molar-refractivity contribution in [2.75, 3.05) is 21.3 Å². The van der Waals surface area contributed by atoms with E-state index in [9.17, 15) is 0 Å². The van der Waals surface area contributed by atoms with Crippen molar-refractivity contribution in [2.24, 2.45) is 0 Å². The standard InChI is InChI=1S/C13H12N2O4/c1-16-11-4-8(5-12(17-2)13(11)18-3)10-6-9(7-14)15-19-10/h4-6H,1-3H3. The summed E-state index contributed by atoms with van der Waals surface area (Å²) in [6, 6.07) is 6.90. The number of hydrogen-bond donors (Lipinski definition) is 0. The predicted octanol–water partition coefficient (Wildman–Crippen LogP) is 2.24. The highest BCUT2D eigenvalue weighted by atomic mass is 16.5. The van der Waals surface area contributed by atoms with E-state index in [1.54, 1.807) is 18.2 Å². The molecule has 2 rings (SSSR count). The Morgan fingerprint density at radius 1 is 1.05 bits per heavy atom. The van der Waals surface area contributed by atoms with Crippen LogP contribution in [0.4, 0.5) is 0 Å². The second-order valence-electron chi connectivity index (χ2n) is 3.60. The average molecular weight is 260 g/mol. The van der Waals surface area contributed by atoms with Crippen LogP contribution < -0.4 is 14.2 Å². The van der Waals surface area contributed by atoms with E-state index in [1.807, 2.05) is 6.07 Å². The summed E-state index contributed by atoms with van der Waals surface area (Å²) in [4.78, 5) is 0. The molecule has 0 saturated heterocycles. The maximum atomic E-state index is 8.74. The van der Waals surface area contributed by atoms with Gasteiger partial charge < -0.3 is 18.7 Å². The van der Waals surface area contributed by atoms with Crippen LogP contribution in [0.2, 0.25) is 0 Å². The maximum absolute atomic E-state index is 8.74. The summed E-state index contributed by atoms with van der Waals surface area (Å²) in [6.07, 6.45) is 0. The zero-order chi connectivity index (χ0) is 13.8. The minimum atomic E-state index is 0.212. The SMILES string of the molecule is COc1cc(-c2cc(C#N)no2)cc(OC)c1OC. The van der Waals surface area contributed by atoms with Crippen LogP contribution in [0.3, 0.4) is 0 Å². The first-order chi connectivity index (χ1) is 9.23. The van der Waals surface area contributed by atoms with Gasteiger partial charge in [0.25, 0.3) is 0 Å². The van der Waals surface area contributed by atoms with Gasteiger partial charge in [-0.05, 0) is 12.1 Å². The van der Waals surface area contributed by atoms with Crippen LogP contribution in [0.5, 0.6) is 17.2 Å². The third kappa shape index (κ3) is 2.31. The summed E-state index contributed by atoms with van der Waals surface area (Å²) in [7, 11) is 4.59. The second kappa shape index (κ2) is 5.31. The van der Waals surface area contributed by atoms with E-state index < -0.39 is 0 Å². The normalized spacial score (nSPS) is 9.79. The number of ether oxygens (including phenoxy) is 3. The summed E-state index contributed by atoms with van der Waals surface area (Å²) in [6.45, 7) is 0. The molecule has 6 heteroatoms. The summed E-state index contributed by atoms with van der Waals surface area (Å²) < 4.78 is 20.8. The molecule has 0 fully saturated rings. The fourth-order valence-corrected chi connectivity index (χ4v) is 1.69. The first kappa shape index (κ1) is 12.8. The largest absolute Gasteiger partial charge is 0.493 e. The Bertz CT molecular complexity index is 603. The van der Waals surface area contributed by atoms with Crippen LogP contribution in [0.25, 0.3) is 11.3 Å². The molecule has 0 saturated carbocycles. The lowest BCUT2D eigenvalue weighted by molar-refractivity contribution is 0.324. The Labute approximate surface area is 110 Å². The van der Waals surface area contributed by atoms with E-state index in [4.69, 9.17) is 24.0 Å². The molecule has 0 N–H and O–H groups in total. The number of nitriles is 1. The molecule has 1 heterocycles. The zero-order valence-electron chi connectivity index (χ0n) is 10.8. The van der Waals surface area contributed by atoms with Crippen LogP contribution in [-0.2, 0) is 0 Å². The molecule has 98 valence electrons. The quantitative estimate of drug-likeness (QED) is 0.838. The van der Waals surface area contributed by atoms with Crippen molar-refractivity contribution in [2.45, 2.75) is 0 Å². The zero-order valence-corrected chi connectivity index (χ0v) is 10.8. The molecule has 6 nitrogen and oxygen atoms in total. The molecule has 0 atom stereocenters. The van der Waals surface area contributed by atoms with Crippen LogP contribution in [0.1, 0.15) is 5.69 Å². The second-order valence-corrected chi connectivity index (χ2v) is 3.60. The van der Waals surface area contributed by atoms with Crippen molar-refractivity contribution >= 4 is 0 Å². The topological polar surface area (TPSA) is 77.5 Å². The van der Waals surface area contributed by atoms with Crippen LogP contribution >= 0.6 is 0 Å². The Kier molecular flexibility index (Phi) is 3.57. The van der Waals surface area contributed by atoms with Gasteiger partial charge in [0, 0.05) is 11.6 Å². The Balaban J connectivity index is 2.55. The molecule has 1 aromatic heterocycles. The minimum absolute atomic E-state index is 0.212. The number of hydrogen-bond acceptors (Lipinski definition) is 6. The van der Waals surface area contributed by atoms with E-state index in [2.05, 4.69) is 5.16 Å². The van der Waals surface area contributed by atoms with E-state index >= 15 is 0 Å². The van der Waals surface area contributed by atoms with E-state index in [1.165, 1.54) is 21.3 Å². The van der Waals surface area contributed by atoms with E-state index in [0.29, 0.717) is 28.6 Å². The molecular weight excluding hydrogens is 248 g/mol. The van der Waals surface area contributed by atoms with Gasteiger partial charge in [-0.2, -0.15) is 5.26 Å². The fraction of sp³-hybridized carbons (Fsp3) is 0.231. The van der Waals surface area contributed by atoms with Gasteiger partial charge in [-0.15, -0.1) is 0 Å². The van der Waals surface area contributed by atoms with Gasteiger partial charge >= 0.3 is 0 Å². The first-order valence-corrected chi connectivity index (χ1v) is 5.40. The van der Waals surface area contributed by atoms with Gasteiger partial charge in [0.05, 0.1) is 21.3 Å². The highest BCUT2D eigenvalue weighted by Gasteiger charge is 2.16. The van der Waals surface area contributed by atoms with Gasteiger partial charge in [0.2, 0.25) is 5.75 Å². The predicted molar refractivity (Wildman–Crippen MR) is 66.3 cm³/mol. The number of nitrogens with zero attached hydrogens (tertiary/aromatic N) is 2. The van der Waals surface area contributed by atoms with Crippen LogP contribution in [0, 0.1) is 11.3 Å². The number of aromatic nitrogens is 1. The highest BCUT2D eigenvalue weighted by Crippen LogP contribution is 2.41. The molecule has 0 aliphatic rings. The highest BCUT2D eigenvalue weighted by molar-refractivity contribution is 5.68. The monoisotopic (exact) mass is 260 g/mol. The van der Waals surface area contributed by atoms with Crippen molar-refractivity contribution in [3.63, 3.8) is 0 Å². The average Bonchev–Trinajstić information content (AvgIpc) is 2.94. The lowest BCUT2D eigenvalue weighted by atomic mass is 10.1. The molecular formula is C13H12N2O4. The molecule has 0 spiro atoms. The van der Waals surface area contributed by atoms with Gasteiger partial charge in [-0.1, -0.05) is 5.16 Å². The lowest BCUT2D eigenvalue weighted by Gasteiger charge is -2.12. The van der Waals surface area contributed by atoms with Gasteiger partial charge in [0.1, 0.15) is 6.07 Å². The molecule has 0 unspecified atom stereocenters. The minimum Gasteiger partial charge on any atom is -0.493 e. The Morgan fingerprint density at radius 2 is 1.68 bits per heavy atom. The third-order valence-electron chi connectivity index (χ3n) is 2.57. The molecule has 19 heavy (non-hydrogen) atoms. The molecule has 0 aliphatic heterocycles. The summed E-state index contributed by atoms with van der Waals surface area (Å²) in [5.41, 5.74) is 0.896. The van der Waals surface area contributed by atoms with E-state index in [-0.39, 0.29) is 5.69 Å². The smallest absolute Gasteiger partial charge is 0.203 e. The van der Waals surface area contributed by atoms with Crippen LogP contribution in [0.15, 0.2) is 22.7 Å². The van der Waals surface area contributed by atoms with Gasteiger partial charge in [-0.25, -0.2) is 0 Å². The van der Waals surface area contributed by atoms with Crippen molar-refractivity contribution < 1.29 is 18.7 Å². The summed E-state index contributed by atoms with van der Waals surface area (Å²) in [5.74, 6) is 1.96. The van der Waals surface area contributed by atoms with Gasteiger partial charge in [0.15, 0.2) is 23.0 Å². The molecule has 0 amide bonds. The Morgan fingerprint density at radius 3 is 2.11 bits per heavy atom.